The molecule has 7 nitrogen and oxygen atoms in total. The maximum Gasteiger partial charge on any atom is 0.278 e. The summed E-state index contributed by atoms with van der Waals surface area (Å²) in [6.45, 7) is 2.42. The molecule has 1 amide bonds. The SMILES string of the molecule is Cc1cccn2c(=O)c3cc(C(=O)NCCc4ccccc4)c(N)[n+](C4CCCC4)c3nc12. The first-order valence-corrected chi connectivity index (χ1v) is 11.5. The number of amides is 1. The van der Waals surface area contributed by atoms with Gasteiger partial charge in [-0.1, -0.05) is 41.4 Å². The van der Waals surface area contributed by atoms with Crippen LogP contribution in [0.5, 0.6) is 0 Å². The number of rotatable bonds is 5. The Bertz CT molecular complexity index is 1410. The summed E-state index contributed by atoms with van der Waals surface area (Å²) < 4.78 is 3.48. The van der Waals surface area contributed by atoms with Crippen molar-refractivity contribution in [3.05, 3.63) is 81.8 Å². The molecule has 1 saturated carbocycles. The summed E-state index contributed by atoms with van der Waals surface area (Å²) in [6, 6.07) is 15.5. The average Bonchev–Trinajstić information content (AvgIpc) is 3.35. The summed E-state index contributed by atoms with van der Waals surface area (Å²) in [6.07, 6.45) is 6.54. The Morgan fingerprint density at radius 3 is 2.70 bits per heavy atom. The van der Waals surface area contributed by atoms with Crippen molar-refractivity contribution in [1.29, 1.82) is 0 Å². The highest BCUT2D eigenvalue weighted by atomic mass is 16.1. The Kier molecular flexibility index (Phi) is 5.54. The minimum Gasteiger partial charge on any atom is -0.351 e. The number of hydrogen-bond acceptors (Lipinski definition) is 4. The van der Waals surface area contributed by atoms with Gasteiger partial charge in [-0.3, -0.25) is 14.0 Å². The van der Waals surface area contributed by atoms with Gasteiger partial charge in [0.15, 0.2) is 0 Å². The number of carbonyl (C=O) groups excluding carboxylic acids is 1. The number of carbonyl (C=O) groups is 1. The van der Waals surface area contributed by atoms with Crippen LogP contribution in [0, 0.1) is 6.92 Å². The number of nitrogens with zero attached hydrogens (tertiary/aromatic N) is 3. The maximum absolute atomic E-state index is 13.4. The lowest BCUT2D eigenvalue weighted by molar-refractivity contribution is -0.685. The van der Waals surface area contributed by atoms with Crippen LogP contribution < -0.4 is 21.2 Å². The van der Waals surface area contributed by atoms with E-state index in [1.807, 2.05) is 54.0 Å². The van der Waals surface area contributed by atoms with Crippen LogP contribution in [-0.4, -0.2) is 21.8 Å². The molecule has 4 aromatic rings. The zero-order chi connectivity index (χ0) is 22.9. The standard InChI is InChI=1S/C26H27N5O2/c1-17-8-7-15-30-23(17)29-24-21(26(30)33)16-20(22(27)31(24)19-11-5-6-12-19)25(32)28-14-13-18-9-3-2-4-10-18/h2-4,7-10,15-16,19,27H,5-6,11-14H2,1H3,(H,28,32)/p+1. The number of pyridine rings is 2. The summed E-state index contributed by atoms with van der Waals surface area (Å²) in [5, 5.41) is 3.38. The van der Waals surface area contributed by atoms with Crippen molar-refractivity contribution >= 4 is 28.4 Å². The third-order valence-electron chi connectivity index (χ3n) is 6.59. The van der Waals surface area contributed by atoms with E-state index in [1.165, 1.54) is 0 Å². The van der Waals surface area contributed by atoms with Crippen LogP contribution in [0.15, 0.2) is 59.5 Å². The smallest absolute Gasteiger partial charge is 0.278 e. The highest BCUT2D eigenvalue weighted by molar-refractivity contribution is 6.00. The molecule has 0 bridgehead atoms. The molecule has 7 heteroatoms. The van der Waals surface area contributed by atoms with E-state index in [0.717, 1.165) is 43.2 Å². The van der Waals surface area contributed by atoms with E-state index >= 15 is 0 Å². The van der Waals surface area contributed by atoms with Gasteiger partial charge in [0.2, 0.25) is 11.5 Å². The minimum atomic E-state index is -0.272. The van der Waals surface area contributed by atoms with Crippen LogP contribution in [0.4, 0.5) is 5.82 Å². The Morgan fingerprint density at radius 2 is 1.94 bits per heavy atom. The van der Waals surface area contributed by atoms with Gasteiger partial charge in [-0.15, -0.1) is 0 Å². The number of nitrogens with one attached hydrogen (secondary N) is 1. The number of aryl methyl sites for hydroxylation is 1. The first-order chi connectivity index (χ1) is 16.0. The molecule has 3 N–H and O–H groups in total. The highest BCUT2D eigenvalue weighted by Gasteiger charge is 2.30. The van der Waals surface area contributed by atoms with E-state index in [2.05, 4.69) is 5.32 Å². The number of hydrogen-bond donors (Lipinski definition) is 2. The monoisotopic (exact) mass is 442 g/mol. The third-order valence-corrected chi connectivity index (χ3v) is 6.59. The average molecular weight is 443 g/mol. The predicted octanol–water partition coefficient (Wildman–Crippen LogP) is 3.11. The molecule has 0 unspecified atom stereocenters. The van der Waals surface area contributed by atoms with Gasteiger partial charge in [0.25, 0.3) is 17.1 Å². The molecule has 33 heavy (non-hydrogen) atoms. The molecule has 0 atom stereocenters. The molecule has 3 aromatic heterocycles. The van der Waals surface area contributed by atoms with E-state index in [9.17, 15) is 9.59 Å². The van der Waals surface area contributed by atoms with Crippen molar-refractivity contribution in [2.24, 2.45) is 0 Å². The van der Waals surface area contributed by atoms with Gasteiger partial charge in [-0.05, 0) is 56.7 Å². The van der Waals surface area contributed by atoms with Crippen molar-refractivity contribution in [2.45, 2.75) is 45.1 Å². The zero-order valence-corrected chi connectivity index (χ0v) is 18.8. The molecule has 5 rings (SSSR count). The van der Waals surface area contributed by atoms with Crippen LogP contribution in [0.25, 0.3) is 16.7 Å². The number of anilines is 1. The lowest BCUT2D eigenvalue weighted by atomic mass is 10.1. The van der Waals surface area contributed by atoms with Crippen molar-refractivity contribution in [3.63, 3.8) is 0 Å². The van der Waals surface area contributed by atoms with Crippen LogP contribution in [0.2, 0.25) is 0 Å². The van der Waals surface area contributed by atoms with E-state index in [-0.39, 0.29) is 17.5 Å². The number of aromatic nitrogens is 3. The van der Waals surface area contributed by atoms with Crippen molar-refractivity contribution in [3.8, 4) is 0 Å². The Labute approximate surface area is 191 Å². The fraction of sp³-hybridized carbons (Fsp3) is 0.308. The molecule has 1 aliphatic rings. The van der Waals surface area contributed by atoms with Gasteiger partial charge in [-0.2, -0.15) is 0 Å². The summed E-state index contributed by atoms with van der Waals surface area (Å²) >= 11 is 0. The molecule has 1 fully saturated rings. The summed E-state index contributed by atoms with van der Waals surface area (Å²) in [4.78, 5) is 31.5. The lowest BCUT2D eigenvalue weighted by Gasteiger charge is -2.17. The second-order valence-corrected chi connectivity index (χ2v) is 8.78. The molecule has 3 heterocycles. The molecular weight excluding hydrogens is 414 g/mol. The second kappa shape index (κ2) is 8.65. The molecular formula is C26H28N5O2+. The fourth-order valence-corrected chi connectivity index (χ4v) is 4.85. The Morgan fingerprint density at radius 1 is 1.18 bits per heavy atom. The van der Waals surface area contributed by atoms with Crippen LogP contribution in [0.3, 0.4) is 0 Å². The van der Waals surface area contributed by atoms with Crippen LogP contribution in [0.1, 0.15) is 53.2 Å². The van der Waals surface area contributed by atoms with Gasteiger partial charge >= 0.3 is 0 Å². The first-order valence-electron chi connectivity index (χ1n) is 11.5. The van der Waals surface area contributed by atoms with Crippen LogP contribution in [-0.2, 0) is 6.42 Å². The molecule has 0 spiro atoms. The largest absolute Gasteiger partial charge is 0.351 e. The summed E-state index contributed by atoms with van der Waals surface area (Å²) in [7, 11) is 0. The predicted molar refractivity (Wildman–Crippen MR) is 128 cm³/mol. The van der Waals surface area contributed by atoms with Gasteiger partial charge in [0, 0.05) is 18.3 Å². The number of fused-ring (bicyclic) bond motifs is 2. The highest BCUT2D eigenvalue weighted by Crippen LogP contribution is 2.28. The van der Waals surface area contributed by atoms with E-state index < -0.39 is 0 Å². The fourth-order valence-electron chi connectivity index (χ4n) is 4.85. The van der Waals surface area contributed by atoms with Crippen LogP contribution >= 0.6 is 0 Å². The third kappa shape index (κ3) is 3.84. The van der Waals surface area contributed by atoms with Crippen molar-refractivity contribution < 1.29 is 9.36 Å². The topological polar surface area (TPSA) is 93.4 Å². The quantitative estimate of drug-likeness (QED) is 0.367. The normalized spacial score (nSPS) is 14.2. The van der Waals surface area contributed by atoms with Gasteiger partial charge < -0.3 is 11.1 Å². The first kappa shape index (κ1) is 21.1. The summed E-state index contributed by atoms with van der Waals surface area (Å²) in [5.74, 6) is 0.0993. The molecule has 1 aromatic carbocycles. The van der Waals surface area contributed by atoms with Gasteiger partial charge in [0.05, 0.1) is 6.04 Å². The van der Waals surface area contributed by atoms with E-state index in [1.54, 1.807) is 16.7 Å². The van der Waals surface area contributed by atoms with Crippen molar-refractivity contribution in [1.82, 2.24) is 14.7 Å². The van der Waals surface area contributed by atoms with Crippen molar-refractivity contribution in [2.75, 3.05) is 12.3 Å². The Balaban J connectivity index is 1.61. The molecule has 0 aliphatic heterocycles. The molecule has 1 aliphatic carbocycles. The number of nitrogens with two attached hydrogens (primary N) is 1. The maximum atomic E-state index is 13.4. The summed E-state index contributed by atoms with van der Waals surface area (Å²) in [5.41, 5.74) is 9.96. The number of nitrogen functional groups attached to an aromatic ring is 1. The van der Waals surface area contributed by atoms with Gasteiger partial charge in [-0.25, -0.2) is 4.57 Å². The van der Waals surface area contributed by atoms with E-state index in [4.69, 9.17) is 10.7 Å². The number of benzene rings is 1. The van der Waals surface area contributed by atoms with E-state index in [0.29, 0.717) is 34.6 Å². The second-order valence-electron chi connectivity index (χ2n) is 8.78. The van der Waals surface area contributed by atoms with Gasteiger partial charge in [0.1, 0.15) is 10.9 Å². The lowest BCUT2D eigenvalue weighted by Crippen LogP contribution is -2.45. The molecule has 168 valence electrons. The molecule has 0 radical (unpaired) electrons. The molecule has 0 saturated heterocycles. The minimum absolute atomic E-state index is 0.128. The zero-order valence-electron chi connectivity index (χ0n) is 18.8. The Hall–Kier alpha value is -3.74.